The standard InChI is InChI=1S/C22H22O5/c1-14(2)9-10-26-17-7-8-18-20(13-17)27-21(22(18)23)11-15-5-6-16(24-3)12-19(15)25-4/h5-9,11-13H,10H2,1-4H3. The number of fused-ring (bicyclic) bond motifs is 1. The predicted octanol–water partition coefficient (Wildman–Crippen LogP) is 4.67. The number of ketones is 1. The van der Waals surface area contributed by atoms with Gasteiger partial charge in [-0.05, 0) is 50.3 Å². The highest BCUT2D eigenvalue weighted by Gasteiger charge is 2.28. The molecule has 1 aliphatic rings. The molecule has 0 saturated carbocycles. The average Bonchev–Trinajstić information content (AvgIpc) is 2.97. The molecule has 0 aromatic heterocycles. The van der Waals surface area contributed by atoms with E-state index in [4.69, 9.17) is 18.9 Å². The topological polar surface area (TPSA) is 54.0 Å². The van der Waals surface area contributed by atoms with Crippen LogP contribution in [0.3, 0.4) is 0 Å². The summed E-state index contributed by atoms with van der Waals surface area (Å²) in [7, 11) is 3.16. The molecule has 0 N–H and O–H groups in total. The van der Waals surface area contributed by atoms with Gasteiger partial charge in [0.2, 0.25) is 5.78 Å². The lowest BCUT2D eigenvalue weighted by Crippen LogP contribution is -1.99. The molecule has 0 bridgehead atoms. The average molecular weight is 366 g/mol. The van der Waals surface area contributed by atoms with Crippen LogP contribution in [0.15, 0.2) is 53.8 Å². The third-order valence-electron chi connectivity index (χ3n) is 4.11. The van der Waals surface area contributed by atoms with Crippen LogP contribution in [-0.2, 0) is 0 Å². The summed E-state index contributed by atoms with van der Waals surface area (Å²) in [4.78, 5) is 12.6. The second-order valence-corrected chi connectivity index (χ2v) is 6.30. The fourth-order valence-electron chi connectivity index (χ4n) is 2.64. The minimum Gasteiger partial charge on any atom is -0.497 e. The van der Waals surface area contributed by atoms with Gasteiger partial charge in [0.05, 0.1) is 19.8 Å². The van der Waals surface area contributed by atoms with Gasteiger partial charge in [0.1, 0.15) is 29.6 Å². The zero-order valence-electron chi connectivity index (χ0n) is 15.9. The number of carbonyl (C=O) groups is 1. The molecular formula is C22H22O5. The Bertz CT molecular complexity index is 920. The monoisotopic (exact) mass is 366 g/mol. The van der Waals surface area contributed by atoms with E-state index in [2.05, 4.69) is 0 Å². The van der Waals surface area contributed by atoms with Crippen molar-refractivity contribution in [2.24, 2.45) is 0 Å². The van der Waals surface area contributed by atoms with Crippen LogP contribution in [0.1, 0.15) is 29.8 Å². The predicted molar refractivity (Wildman–Crippen MR) is 104 cm³/mol. The Kier molecular flexibility index (Phi) is 5.50. The van der Waals surface area contributed by atoms with Crippen LogP contribution in [0.2, 0.25) is 0 Å². The number of Topliss-reactive ketones (excluding diaryl/α,β-unsaturated/α-hetero) is 1. The molecule has 0 radical (unpaired) electrons. The van der Waals surface area contributed by atoms with Gasteiger partial charge in [-0.25, -0.2) is 0 Å². The summed E-state index contributed by atoms with van der Waals surface area (Å²) in [5.41, 5.74) is 2.43. The van der Waals surface area contributed by atoms with Crippen molar-refractivity contribution >= 4 is 11.9 Å². The van der Waals surface area contributed by atoms with Crippen molar-refractivity contribution in [2.75, 3.05) is 20.8 Å². The molecule has 1 aliphatic heterocycles. The van der Waals surface area contributed by atoms with Gasteiger partial charge in [-0.1, -0.05) is 5.57 Å². The molecule has 0 unspecified atom stereocenters. The summed E-state index contributed by atoms with van der Waals surface area (Å²) >= 11 is 0. The Balaban J connectivity index is 1.84. The maximum absolute atomic E-state index is 12.6. The van der Waals surface area contributed by atoms with Gasteiger partial charge < -0.3 is 18.9 Å². The Labute approximate surface area is 158 Å². The number of rotatable bonds is 6. The van der Waals surface area contributed by atoms with Crippen LogP contribution in [0.5, 0.6) is 23.0 Å². The van der Waals surface area contributed by atoms with Crippen LogP contribution < -0.4 is 18.9 Å². The largest absolute Gasteiger partial charge is 0.497 e. The molecule has 140 valence electrons. The number of hydrogen-bond acceptors (Lipinski definition) is 5. The third-order valence-corrected chi connectivity index (χ3v) is 4.11. The van der Waals surface area contributed by atoms with E-state index in [1.54, 1.807) is 50.6 Å². The highest BCUT2D eigenvalue weighted by molar-refractivity contribution is 6.14. The molecule has 0 atom stereocenters. The van der Waals surface area contributed by atoms with Gasteiger partial charge in [0.25, 0.3) is 0 Å². The first-order valence-electron chi connectivity index (χ1n) is 8.58. The lowest BCUT2D eigenvalue weighted by atomic mass is 10.1. The van der Waals surface area contributed by atoms with Crippen LogP contribution in [0.4, 0.5) is 0 Å². The zero-order chi connectivity index (χ0) is 19.4. The van der Waals surface area contributed by atoms with Gasteiger partial charge >= 0.3 is 0 Å². The van der Waals surface area contributed by atoms with E-state index < -0.39 is 0 Å². The van der Waals surface area contributed by atoms with E-state index in [0.29, 0.717) is 35.2 Å². The zero-order valence-corrected chi connectivity index (χ0v) is 15.9. The van der Waals surface area contributed by atoms with Gasteiger partial charge in [0.15, 0.2) is 5.76 Å². The SMILES string of the molecule is COc1ccc(C=C2Oc3cc(OCC=C(C)C)ccc3C2=O)c(OC)c1. The van der Waals surface area contributed by atoms with Gasteiger partial charge in [-0.2, -0.15) is 0 Å². The molecule has 3 rings (SSSR count). The van der Waals surface area contributed by atoms with E-state index in [0.717, 1.165) is 5.56 Å². The maximum Gasteiger partial charge on any atom is 0.231 e. The molecule has 2 aromatic rings. The number of benzene rings is 2. The number of hydrogen-bond donors (Lipinski definition) is 0. The number of ether oxygens (including phenoxy) is 4. The van der Waals surface area contributed by atoms with Crippen molar-refractivity contribution in [3.63, 3.8) is 0 Å². The first kappa shape index (κ1) is 18.6. The number of carbonyl (C=O) groups excluding carboxylic acids is 1. The molecular weight excluding hydrogens is 344 g/mol. The maximum atomic E-state index is 12.6. The van der Waals surface area contributed by atoms with Crippen LogP contribution in [-0.4, -0.2) is 26.6 Å². The third kappa shape index (κ3) is 4.14. The minimum atomic E-state index is -0.168. The lowest BCUT2D eigenvalue weighted by Gasteiger charge is -2.08. The molecule has 2 aromatic carbocycles. The molecule has 5 nitrogen and oxygen atoms in total. The van der Waals surface area contributed by atoms with Crippen LogP contribution >= 0.6 is 0 Å². The number of allylic oxidation sites excluding steroid dienone is 2. The Morgan fingerprint density at radius 2 is 1.81 bits per heavy atom. The van der Waals surface area contributed by atoms with E-state index >= 15 is 0 Å². The van der Waals surface area contributed by atoms with Crippen molar-refractivity contribution < 1.29 is 23.7 Å². The lowest BCUT2D eigenvalue weighted by molar-refractivity contribution is 0.101. The molecule has 0 saturated heterocycles. The van der Waals surface area contributed by atoms with Crippen LogP contribution in [0, 0.1) is 0 Å². The molecule has 0 aliphatic carbocycles. The highest BCUT2D eigenvalue weighted by Crippen LogP contribution is 2.36. The van der Waals surface area contributed by atoms with Gasteiger partial charge in [0, 0.05) is 17.7 Å². The summed E-state index contributed by atoms with van der Waals surface area (Å²) in [5.74, 6) is 2.50. The van der Waals surface area contributed by atoms with E-state index in [9.17, 15) is 4.79 Å². The Morgan fingerprint density at radius 3 is 2.52 bits per heavy atom. The van der Waals surface area contributed by atoms with Crippen molar-refractivity contribution in [1.82, 2.24) is 0 Å². The second-order valence-electron chi connectivity index (χ2n) is 6.30. The van der Waals surface area contributed by atoms with Crippen LogP contribution in [0.25, 0.3) is 6.08 Å². The Hall–Kier alpha value is -3.21. The van der Waals surface area contributed by atoms with Gasteiger partial charge in [-0.3, -0.25) is 4.79 Å². The highest BCUT2D eigenvalue weighted by atomic mass is 16.5. The molecule has 0 fully saturated rings. The van der Waals surface area contributed by atoms with E-state index in [-0.39, 0.29) is 11.5 Å². The first-order chi connectivity index (χ1) is 13.0. The fraction of sp³-hybridized carbons (Fsp3) is 0.227. The molecule has 5 heteroatoms. The summed E-state index contributed by atoms with van der Waals surface area (Å²) in [6.07, 6.45) is 3.66. The summed E-state index contributed by atoms with van der Waals surface area (Å²) < 4.78 is 22.0. The molecule has 1 heterocycles. The van der Waals surface area contributed by atoms with Crippen molar-refractivity contribution in [3.05, 3.63) is 64.9 Å². The summed E-state index contributed by atoms with van der Waals surface area (Å²) in [6, 6.07) is 10.6. The molecule has 0 spiro atoms. The van der Waals surface area contributed by atoms with Crippen molar-refractivity contribution in [1.29, 1.82) is 0 Å². The van der Waals surface area contributed by atoms with E-state index in [1.807, 2.05) is 26.0 Å². The van der Waals surface area contributed by atoms with Gasteiger partial charge in [-0.15, -0.1) is 0 Å². The molecule has 27 heavy (non-hydrogen) atoms. The summed E-state index contributed by atoms with van der Waals surface area (Å²) in [5, 5.41) is 0. The summed E-state index contributed by atoms with van der Waals surface area (Å²) in [6.45, 7) is 4.50. The Morgan fingerprint density at radius 1 is 1.04 bits per heavy atom. The van der Waals surface area contributed by atoms with Crippen molar-refractivity contribution in [2.45, 2.75) is 13.8 Å². The number of methoxy groups -OCH3 is 2. The van der Waals surface area contributed by atoms with E-state index in [1.165, 1.54) is 5.57 Å². The fourth-order valence-corrected chi connectivity index (χ4v) is 2.64. The second kappa shape index (κ2) is 7.99. The quantitative estimate of drug-likeness (QED) is 0.549. The first-order valence-corrected chi connectivity index (χ1v) is 8.58. The normalized spacial score (nSPS) is 13.8. The smallest absolute Gasteiger partial charge is 0.231 e. The van der Waals surface area contributed by atoms with Crippen molar-refractivity contribution in [3.8, 4) is 23.0 Å². The minimum absolute atomic E-state index is 0.168. The molecule has 0 amide bonds.